The molecule has 0 radical (unpaired) electrons. The van der Waals surface area contributed by atoms with E-state index in [2.05, 4.69) is 73.0 Å². The van der Waals surface area contributed by atoms with E-state index in [1.54, 1.807) is 0 Å². The van der Waals surface area contributed by atoms with E-state index in [0.29, 0.717) is 19.4 Å². The topological polar surface area (TPSA) is 113 Å². The minimum absolute atomic E-state index is 0.0480. The third kappa shape index (κ3) is 18.6. The smallest absolute Gasteiger partial charge is 0.339 e. The van der Waals surface area contributed by atoms with Gasteiger partial charge in [-0.25, -0.2) is 4.79 Å². The van der Waals surface area contributed by atoms with Gasteiger partial charge in [-0.1, -0.05) is 88.5 Å². The summed E-state index contributed by atoms with van der Waals surface area (Å²) in [6, 6.07) is 3.87. The van der Waals surface area contributed by atoms with Gasteiger partial charge in [-0.15, -0.1) is 0 Å². The molecule has 0 spiro atoms. The number of Topliss-reactive ketones (excluding diaryl/α,β-unsaturated/α-hetero) is 1. The van der Waals surface area contributed by atoms with Crippen LogP contribution in [0.25, 0.3) is 0 Å². The number of benzene rings is 1. The summed E-state index contributed by atoms with van der Waals surface area (Å²) in [5.74, 6) is -2.53. The fraction of sp³-hybridized carbons (Fsp3) is 0.500. The molecule has 1 rings (SSSR count). The van der Waals surface area contributed by atoms with Crippen LogP contribution >= 0.6 is 0 Å². The Bertz CT molecular complexity index is 1160. The SMILES string of the molecule is CC/C=C\C/C=C\C/C=C\C/C=C\C/C=C\CCCCO[C@@H](CC)C(=O)CC(CC(C)C)C(=O)Nc1ccc(O)c(C(=O)O)c1. The molecular formula is C38H55NO6. The fourth-order valence-corrected chi connectivity index (χ4v) is 4.65. The predicted octanol–water partition coefficient (Wildman–Crippen LogP) is 9.37. The van der Waals surface area contributed by atoms with E-state index in [-0.39, 0.29) is 41.0 Å². The van der Waals surface area contributed by atoms with Crippen LogP contribution in [0.15, 0.2) is 79.0 Å². The molecule has 248 valence electrons. The van der Waals surface area contributed by atoms with Gasteiger partial charge in [0.2, 0.25) is 5.91 Å². The van der Waals surface area contributed by atoms with Gasteiger partial charge in [0.15, 0.2) is 5.78 Å². The van der Waals surface area contributed by atoms with Crippen LogP contribution in [-0.2, 0) is 14.3 Å². The maximum Gasteiger partial charge on any atom is 0.339 e. The molecule has 45 heavy (non-hydrogen) atoms. The van der Waals surface area contributed by atoms with Crippen LogP contribution in [0, 0.1) is 11.8 Å². The van der Waals surface area contributed by atoms with Crippen molar-refractivity contribution in [2.45, 2.75) is 104 Å². The summed E-state index contributed by atoms with van der Waals surface area (Å²) in [6.07, 6.45) is 30.1. The number of hydrogen-bond donors (Lipinski definition) is 3. The molecule has 1 aromatic carbocycles. The Balaban J connectivity index is 2.37. The van der Waals surface area contributed by atoms with Crippen molar-refractivity contribution >= 4 is 23.3 Å². The van der Waals surface area contributed by atoms with E-state index >= 15 is 0 Å². The molecule has 7 nitrogen and oxygen atoms in total. The lowest BCUT2D eigenvalue weighted by molar-refractivity contribution is -0.134. The fourth-order valence-electron chi connectivity index (χ4n) is 4.65. The van der Waals surface area contributed by atoms with Gasteiger partial charge in [0.05, 0.1) is 0 Å². The van der Waals surface area contributed by atoms with Crippen molar-refractivity contribution in [3.8, 4) is 5.75 Å². The summed E-state index contributed by atoms with van der Waals surface area (Å²) < 4.78 is 5.92. The molecule has 1 amide bonds. The maximum atomic E-state index is 13.1. The van der Waals surface area contributed by atoms with Gasteiger partial charge in [0.1, 0.15) is 17.4 Å². The quantitative estimate of drug-likeness (QED) is 0.0602. The second-order valence-electron chi connectivity index (χ2n) is 11.5. The zero-order valence-corrected chi connectivity index (χ0v) is 27.8. The molecule has 0 aliphatic heterocycles. The lowest BCUT2D eigenvalue weighted by Crippen LogP contribution is -2.32. The number of phenols is 1. The van der Waals surface area contributed by atoms with Gasteiger partial charge < -0.3 is 20.3 Å². The Labute approximate surface area is 270 Å². The van der Waals surface area contributed by atoms with E-state index in [1.807, 2.05) is 20.8 Å². The molecule has 0 aliphatic carbocycles. The van der Waals surface area contributed by atoms with Crippen molar-refractivity contribution < 1.29 is 29.3 Å². The number of allylic oxidation sites excluding steroid dienone is 10. The standard InChI is InChI=1S/C38H55NO6/c1-5-7-8-9-10-11-12-13-14-15-16-17-18-19-20-21-22-23-26-45-36(6-2)35(41)28-31(27-30(3)4)37(42)39-32-24-25-34(40)33(29-32)38(43)44/h7-8,10-11,13-14,16-17,19-20,24-25,29-31,36,40H,5-6,9,12,15,18,21-23,26-28H2,1-4H3,(H,39,42)(H,43,44)/b8-7-,11-10-,14-13-,17-16-,20-19-/t31?,36-/m0/s1. The highest BCUT2D eigenvalue weighted by Gasteiger charge is 2.27. The Kier molecular flexibility index (Phi) is 21.5. The van der Waals surface area contributed by atoms with Gasteiger partial charge in [0.25, 0.3) is 0 Å². The molecule has 0 saturated carbocycles. The average molecular weight is 622 g/mol. The van der Waals surface area contributed by atoms with Crippen molar-refractivity contribution in [3.63, 3.8) is 0 Å². The lowest BCUT2D eigenvalue weighted by atomic mass is 9.90. The Morgan fingerprint density at radius 1 is 0.844 bits per heavy atom. The molecule has 3 N–H and O–H groups in total. The number of amides is 1. The Morgan fingerprint density at radius 3 is 1.96 bits per heavy atom. The number of aromatic hydroxyl groups is 1. The first-order chi connectivity index (χ1) is 21.7. The first-order valence-electron chi connectivity index (χ1n) is 16.5. The van der Waals surface area contributed by atoms with E-state index in [9.17, 15) is 24.6 Å². The molecule has 0 aliphatic rings. The molecule has 0 fully saturated rings. The largest absolute Gasteiger partial charge is 0.507 e. The molecule has 1 unspecified atom stereocenters. The van der Waals surface area contributed by atoms with Crippen LogP contribution in [-0.4, -0.2) is 40.6 Å². The van der Waals surface area contributed by atoms with Gasteiger partial charge in [-0.3, -0.25) is 9.59 Å². The Hall–Kier alpha value is -3.71. The van der Waals surface area contributed by atoms with E-state index in [0.717, 1.165) is 51.4 Å². The third-order valence-electron chi connectivity index (χ3n) is 7.04. The maximum absolute atomic E-state index is 13.1. The number of hydrogen-bond acceptors (Lipinski definition) is 5. The zero-order chi connectivity index (χ0) is 33.3. The van der Waals surface area contributed by atoms with Crippen molar-refractivity contribution in [2.24, 2.45) is 11.8 Å². The first-order valence-corrected chi connectivity index (χ1v) is 16.5. The molecular weight excluding hydrogens is 566 g/mol. The number of carbonyl (C=O) groups excluding carboxylic acids is 2. The molecule has 0 bridgehead atoms. The summed E-state index contributed by atoms with van der Waals surface area (Å²) in [5, 5.41) is 21.7. The molecule has 0 aromatic heterocycles. The second kappa shape index (κ2) is 24.6. The summed E-state index contributed by atoms with van der Waals surface area (Å²) in [5.41, 5.74) is -0.0442. The molecule has 0 saturated heterocycles. The summed E-state index contributed by atoms with van der Waals surface area (Å²) in [4.78, 5) is 37.5. The summed E-state index contributed by atoms with van der Waals surface area (Å²) in [6.45, 7) is 8.50. The van der Waals surface area contributed by atoms with Gasteiger partial charge in [-0.05, 0) is 88.3 Å². The first kappa shape index (κ1) is 39.3. The molecule has 1 aromatic rings. The Morgan fingerprint density at radius 2 is 1.42 bits per heavy atom. The van der Waals surface area contributed by atoms with Crippen LogP contribution in [0.1, 0.15) is 109 Å². The number of unbranched alkanes of at least 4 members (excludes halogenated alkanes) is 2. The minimum Gasteiger partial charge on any atom is -0.507 e. The highest BCUT2D eigenvalue weighted by Crippen LogP contribution is 2.24. The number of nitrogens with one attached hydrogen (secondary N) is 1. The highest BCUT2D eigenvalue weighted by atomic mass is 16.5. The number of rotatable bonds is 24. The second-order valence-corrected chi connectivity index (χ2v) is 11.5. The normalized spacial score (nSPS) is 13.6. The average Bonchev–Trinajstić information content (AvgIpc) is 3.00. The number of carboxylic acid groups (broad SMARTS) is 1. The van der Waals surface area contributed by atoms with Crippen molar-refractivity contribution in [3.05, 3.63) is 84.5 Å². The number of ketones is 1. The van der Waals surface area contributed by atoms with E-state index in [1.165, 1.54) is 18.2 Å². The molecule has 7 heteroatoms. The van der Waals surface area contributed by atoms with Crippen LogP contribution < -0.4 is 5.32 Å². The zero-order valence-electron chi connectivity index (χ0n) is 27.8. The number of carbonyl (C=O) groups is 3. The monoisotopic (exact) mass is 621 g/mol. The number of aromatic carboxylic acids is 1. The van der Waals surface area contributed by atoms with Crippen LogP contribution in [0.3, 0.4) is 0 Å². The lowest BCUT2D eigenvalue weighted by Gasteiger charge is -2.21. The summed E-state index contributed by atoms with van der Waals surface area (Å²) >= 11 is 0. The minimum atomic E-state index is -1.29. The molecule has 2 atom stereocenters. The third-order valence-corrected chi connectivity index (χ3v) is 7.04. The highest BCUT2D eigenvalue weighted by molar-refractivity contribution is 5.98. The van der Waals surface area contributed by atoms with Crippen LogP contribution in [0.2, 0.25) is 0 Å². The number of anilines is 1. The van der Waals surface area contributed by atoms with Crippen molar-refractivity contribution in [1.29, 1.82) is 0 Å². The number of carboxylic acids is 1. The number of ether oxygens (including phenoxy) is 1. The predicted molar refractivity (Wildman–Crippen MR) is 185 cm³/mol. The van der Waals surface area contributed by atoms with Gasteiger partial charge in [-0.2, -0.15) is 0 Å². The van der Waals surface area contributed by atoms with Gasteiger partial charge in [0, 0.05) is 24.6 Å². The van der Waals surface area contributed by atoms with Crippen LogP contribution in [0.5, 0.6) is 5.75 Å². The van der Waals surface area contributed by atoms with Gasteiger partial charge >= 0.3 is 5.97 Å². The van der Waals surface area contributed by atoms with E-state index in [4.69, 9.17) is 4.74 Å². The molecule has 0 heterocycles. The van der Waals surface area contributed by atoms with E-state index < -0.39 is 18.0 Å². The van der Waals surface area contributed by atoms with Crippen LogP contribution in [0.4, 0.5) is 5.69 Å². The van der Waals surface area contributed by atoms with Crippen molar-refractivity contribution in [1.82, 2.24) is 0 Å². The van der Waals surface area contributed by atoms with Crippen molar-refractivity contribution in [2.75, 3.05) is 11.9 Å². The summed E-state index contributed by atoms with van der Waals surface area (Å²) in [7, 11) is 0.